The van der Waals surface area contributed by atoms with Crippen molar-refractivity contribution in [1.82, 2.24) is 9.80 Å². The van der Waals surface area contributed by atoms with Crippen LogP contribution in [0, 0.1) is 17.8 Å². The Kier molecular flexibility index (Phi) is 6.44. The fourth-order valence-electron chi connectivity index (χ4n) is 6.47. The van der Waals surface area contributed by atoms with Crippen LogP contribution in [0.25, 0.3) is 0 Å². The highest BCUT2D eigenvalue weighted by molar-refractivity contribution is 9.09. The van der Waals surface area contributed by atoms with Crippen molar-refractivity contribution in [2.24, 2.45) is 17.8 Å². The van der Waals surface area contributed by atoms with Crippen molar-refractivity contribution in [3.8, 4) is 5.75 Å². The summed E-state index contributed by atoms with van der Waals surface area (Å²) in [5.41, 5.74) is 1.09. The standard InChI is InChI=1S/C25H23BrCl2N2O7/c26-11-30-22(36)24(27)10-16-14(19(25(24,28)23(30)37)12-3-5-13(31)6-4-12)7-8-15-18(16)21(35)29(20(15)34)9-1-2-17(32)33/h3-7,15-16,18-19,31H,1-2,8-11H2,(H,32,33). The number of benzene rings is 1. The molecule has 2 saturated heterocycles. The van der Waals surface area contributed by atoms with Crippen LogP contribution in [0.4, 0.5) is 0 Å². The van der Waals surface area contributed by atoms with E-state index in [-0.39, 0.29) is 49.3 Å². The number of aromatic hydroxyl groups is 1. The predicted molar refractivity (Wildman–Crippen MR) is 135 cm³/mol. The van der Waals surface area contributed by atoms with E-state index in [1.807, 2.05) is 6.08 Å². The Morgan fingerprint density at radius 3 is 2.32 bits per heavy atom. The molecular formula is C25H23BrCl2N2O7. The second-order valence-corrected chi connectivity index (χ2v) is 11.6. The van der Waals surface area contributed by atoms with Crippen molar-refractivity contribution in [3.63, 3.8) is 0 Å². The zero-order chi connectivity index (χ0) is 26.9. The fourth-order valence-corrected chi connectivity index (χ4v) is 7.89. The molecule has 0 aromatic heterocycles. The van der Waals surface area contributed by atoms with Gasteiger partial charge in [0.1, 0.15) is 5.75 Å². The van der Waals surface area contributed by atoms with Crippen molar-refractivity contribution in [2.75, 3.05) is 12.0 Å². The number of likely N-dealkylation sites (tertiary alicyclic amines) is 2. The molecule has 1 aromatic rings. The summed E-state index contributed by atoms with van der Waals surface area (Å²) in [5, 5.41) is 18.8. The predicted octanol–water partition coefficient (Wildman–Crippen LogP) is 2.97. The molecule has 4 amide bonds. The van der Waals surface area contributed by atoms with Gasteiger partial charge in [0.05, 0.1) is 17.3 Å². The third-order valence-electron chi connectivity index (χ3n) is 8.10. The van der Waals surface area contributed by atoms with Gasteiger partial charge in [0, 0.05) is 18.9 Å². The molecule has 0 radical (unpaired) electrons. The minimum atomic E-state index is -1.89. The summed E-state index contributed by atoms with van der Waals surface area (Å²) in [7, 11) is 0. The van der Waals surface area contributed by atoms with Gasteiger partial charge in [-0.05, 0) is 42.9 Å². The van der Waals surface area contributed by atoms with Gasteiger partial charge in [-0.2, -0.15) is 0 Å². The van der Waals surface area contributed by atoms with E-state index in [9.17, 15) is 29.1 Å². The Bertz CT molecular complexity index is 1250. The van der Waals surface area contributed by atoms with Crippen molar-refractivity contribution in [3.05, 3.63) is 41.5 Å². The number of imide groups is 2. The number of allylic oxidation sites excluding steroid dienone is 2. The number of carbonyl (C=O) groups excluding carboxylic acids is 4. The number of halogens is 3. The van der Waals surface area contributed by atoms with E-state index in [1.165, 1.54) is 12.1 Å². The molecule has 2 aliphatic carbocycles. The normalized spacial score (nSPS) is 34.8. The Labute approximate surface area is 230 Å². The first-order chi connectivity index (χ1) is 17.5. The Morgan fingerprint density at radius 2 is 1.70 bits per heavy atom. The van der Waals surface area contributed by atoms with Gasteiger partial charge in [0.25, 0.3) is 11.8 Å². The summed E-state index contributed by atoms with van der Waals surface area (Å²) in [6, 6.07) is 6.09. The van der Waals surface area contributed by atoms with Gasteiger partial charge in [0.15, 0.2) is 9.75 Å². The van der Waals surface area contributed by atoms with Crippen LogP contribution in [0.1, 0.15) is 37.2 Å². The SMILES string of the molecule is O=C(O)CCCN1C(=O)C2CC=C3C(CC4(Cl)C(=O)N(CBr)C(=O)C4(Cl)C3c3ccc(O)cc3)C2C1=O. The number of carbonyl (C=O) groups is 5. The lowest BCUT2D eigenvalue weighted by atomic mass is 9.56. The number of hydrogen-bond donors (Lipinski definition) is 2. The lowest BCUT2D eigenvalue weighted by Gasteiger charge is -2.50. The number of carboxylic acid groups (broad SMARTS) is 1. The smallest absolute Gasteiger partial charge is 0.303 e. The number of fused-ring (bicyclic) bond motifs is 4. The molecule has 2 heterocycles. The molecule has 37 heavy (non-hydrogen) atoms. The van der Waals surface area contributed by atoms with Crippen molar-refractivity contribution < 1.29 is 34.2 Å². The zero-order valence-electron chi connectivity index (χ0n) is 19.4. The second kappa shape index (κ2) is 9.10. The summed E-state index contributed by atoms with van der Waals surface area (Å²) < 4.78 is 0. The van der Waals surface area contributed by atoms with Gasteiger partial charge < -0.3 is 10.2 Å². The summed E-state index contributed by atoms with van der Waals surface area (Å²) in [6.45, 7) is -0.0132. The van der Waals surface area contributed by atoms with Crippen LogP contribution in [0.3, 0.4) is 0 Å². The molecule has 6 atom stereocenters. The first-order valence-electron chi connectivity index (χ1n) is 11.8. The maximum Gasteiger partial charge on any atom is 0.303 e. The first-order valence-corrected chi connectivity index (χ1v) is 13.7. The lowest BCUT2D eigenvalue weighted by molar-refractivity contribution is -0.142. The Balaban J connectivity index is 1.61. The van der Waals surface area contributed by atoms with Crippen LogP contribution in [0.2, 0.25) is 0 Å². The van der Waals surface area contributed by atoms with Gasteiger partial charge in [-0.3, -0.25) is 33.8 Å². The van der Waals surface area contributed by atoms with E-state index >= 15 is 0 Å². The maximum atomic E-state index is 13.6. The third-order valence-corrected chi connectivity index (χ3v) is 10.0. The molecular weight excluding hydrogens is 591 g/mol. The van der Waals surface area contributed by atoms with Crippen LogP contribution in [0.5, 0.6) is 5.75 Å². The van der Waals surface area contributed by atoms with E-state index in [1.54, 1.807) is 12.1 Å². The number of phenolic OH excluding ortho intramolecular Hbond substituents is 1. The van der Waals surface area contributed by atoms with Crippen molar-refractivity contribution in [2.45, 2.75) is 41.3 Å². The molecule has 5 rings (SSSR count). The second-order valence-electron chi connectivity index (χ2n) is 9.90. The molecule has 196 valence electrons. The number of hydrogen-bond acceptors (Lipinski definition) is 6. The first kappa shape index (κ1) is 26.2. The van der Waals surface area contributed by atoms with E-state index in [0.717, 1.165) is 9.80 Å². The molecule has 2 aliphatic heterocycles. The van der Waals surface area contributed by atoms with E-state index in [0.29, 0.717) is 11.1 Å². The molecule has 2 N–H and O–H groups in total. The summed E-state index contributed by atoms with van der Waals surface area (Å²) >= 11 is 17.4. The Hall–Kier alpha value is -2.43. The topological polar surface area (TPSA) is 132 Å². The molecule has 4 aliphatic rings. The number of amides is 4. The lowest BCUT2D eigenvalue weighted by Crippen LogP contribution is -2.60. The van der Waals surface area contributed by atoms with Crippen LogP contribution in [-0.4, -0.2) is 71.4 Å². The molecule has 6 unspecified atom stereocenters. The van der Waals surface area contributed by atoms with E-state index in [2.05, 4.69) is 15.9 Å². The highest BCUT2D eigenvalue weighted by Crippen LogP contribution is 2.65. The van der Waals surface area contributed by atoms with Gasteiger partial charge in [-0.1, -0.05) is 39.7 Å². The third kappa shape index (κ3) is 3.59. The molecule has 1 aromatic carbocycles. The summed E-state index contributed by atoms with van der Waals surface area (Å²) in [6.07, 6.45) is 1.89. The summed E-state index contributed by atoms with van der Waals surface area (Å²) in [4.78, 5) is 63.1. The molecule has 9 nitrogen and oxygen atoms in total. The molecule has 12 heteroatoms. The number of carboxylic acids is 1. The monoisotopic (exact) mass is 612 g/mol. The summed E-state index contributed by atoms with van der Waals surface area (Å²) in [5.74, 6) is -6.18. The molecule has 0 spiro atoms. The molecule has 1 saturated carbocycles. The number of nitrogens with zero attached hydrogens (tertiary/aromatic N) is 2. The van der Waals surface area contributed by atoms with Crippen LogP contribution < -0.4 is 0 Å². The zero-order valence-corrected chi connectivity index (χ0v) is 22.5. The minimum Gasteiger partial charge on any atom is -0.508 e. The van der Waals surface area contributed by atoms with Gasteiger partial charge in [-0.25, -0.2) is 0 Å². The minimum absolute atomic E-state index is 0.000893. The van der Waals surface area contributed by atoms with Crippen LogP contribution in [0.15, 0.2) is 35.9 Å². The molecule has 0 bridgehead atoms. The van der Waals surface area contributed by atoms with Gasteiger partial charge >= 0.3 is 5.97 Å². The van der Waals surface area contributed by atoms with E-state index < -0.39 is 57.1 Å². The largest absolute Gasteiger partial charge is 0.508 e. The van der Waals surface area contributed by atoms with E-state index in [4.69, 9.17) is 28.3 Å². The van der Waals surface area contributed by atoms with Crippen LogP contribution in [-0.2, 0) is 24.0 Å². The average Bonchev–Trinajstić information content (AvgIpc) is 3.18. The maximum absolute atomic E-state index is 13.6. The molecule has 3 fully saturated rings. The Morgan fingerprint density at radius 1 is 1.03 bits per heavy atom. The van der Waals surface area contributed by atoms with Gasteiger partial charge in [0.2, 0.25) is 11.8 Å². The van der Waals surface area contributed by atoms with Crippen molar-refractivity contribution >= 4 is 68.7 Å². The van der Waals surface area contributed by atoms with Crippen molar-refractivity contribution in [1.29, 1.82) is 0 Å². The highest BCUT2D eigenvalue weighted by atomic mass is 79.9. The number of rotatable bonds is 6. The van der Waals surface area contributed by atoms with Gasteiger partial charge in [-0.15, -0.1) is 23.2 Å². The quantitative estimate of drug-likeness (QED) is 0.218. The number of aliphatic carboxylic acids is 1. The average molecular weight is 614 g/mol. The fraction of sp³-hybridized carbons (Fsp3) is 0.480. The van der Waals surface area contributed by atoms with Crippen LogP contribution >= 0.6 is 39.1 Å². The number of alkyl halides is 3. The highest BCUT2D eigenvalue weighted by Gasteiger charge is 2.76. The number of phenols is 1.